The second-order valence-corrected chi connectivity index (χ2v) is 4.67. The van der Waals surface area contributed by atoms with Gasteiger partial charge in [0.1, 0.15) is 0 Å². The van der Waals surface area contributed by atoms with Gasteiger partial charge in [-0.1, -0.05) is 5.92 Å². The Morgan fingerprint density at radius 3 is 2.83 bits per heavy atom. The number of carbonyl (C=O) groups excluding carboxylic acids is 1. The molecule has 0 aliphatic carbocycles. The minimum atomic E-state index is -0.138. The van der Waals surface area contributed by atoms with E-state index in [0.717, 1.165) is 39.3 Å². The smallest absolute Gasteiger partial charge is 0.237 e. The summed E-state index contributed by atoms with van der Waals surface area (Å²) in [6.07, 6.45) is 5.12. The Balaban J connectivity index is 2.24. The molecule has 0 spiro atoms. The Morgan fingerprint density at radius 1 is 1.56 bits per heavy atom. The van der Waals surface area contributed by atoms with Gasteiger partial charge in [0.15, 0.2) is 0 Å². The van der Waals surface area contributed by atoms with E-state index in [4.69, 9.17) is 6.42 Å². The van der Waals surface area contributed by atoms with E-state index in [1.54, 1.807) is 0 Å². The molecule has 1 atom stereocenters. The standard InChI is InChI=1S/C13H24N4O/c1-4-5-15-13(18)12(2)16(3)10-11-17-8-6-14-7-9-17/h1,12,14H,5-11H2,2-3H3,(H,15,18). The Bertz CT molecular complexity index is 294. The summed E-state index contributed by atoms with van der Waals surface area (Å²) in [7, 11) is 1.97. The van der Waals surface area contributed by atoms with E-state index in [1.807, 2.05) is 14.0 Å². The van der Waals surface area contributed by atoms with Crippen LogP contribution < -0.4 is 10.6 Å². The molecule has 2 N–H and O–H groups in total. The highest BCUT2D eigenvalue weighted by Crippen LogP contribution is 1.98. The quantitative estimate of drug-likeness (QED) is 0.593. The summed E-state index contributed by atoms with van der Waals surface area (Å²) in [5.41, 5.74) is 0. The van der Waals surface area contributed by atoms with Crippen LogP contribution in [-0.4, -0.2) is 74.6 Å². The highest BCUT2D eigenvalue weighted by molar-refractivity contribution is 5.81. The Labute approximate surface area is 110 Å². The maximum absolute atomic E-state index is 11.7. The fourth-order valence-corrected chi connectivity index (χ4v) is 1.91. The van der Waals surface area contributed by atoms with Gasteiger partial charge < -0.3 is 10.6 Å². The zero-order valence-electron chi connectivity index (χ0n) is 11.4. The molecule has 102 valence electrons. The average molecular weight is 252 g/mol. The molecule has 18 heavy (non-hydrogen) atoms. The Morgan fingerprint density at radius 2 is 2.22 bits per heavy atom. The van der Waals surface area contributed by atoms with Crippen LogP contribution in [0.1, 0.15) is 6.92 Å². The summed E-state index contributed by atoms with van der Waals surface area (Å²) in [5, 5.41) is 6.04. The molecule has 0 saturated carbocycles. The lowest BCUT2D eigenvalue weighted by Gasteiger charge is -2.30. The van der Waals surface area contributed by atoms with E-state index < -0.39 is 0 Å². The van der Waals surface area contributed by atoms with Crippen molar-refractivity contribution < 1.29 is 4.79 Å². The predicted molar refractivity (Wildman–Crippen MR) is 73.2 cm³/mol. The number of terminal acetylenes is 1. The largest absolute Gasteiger partial charge is 0.344 e. The minimum Gasteiger partial charge on any atom is -0.344 e. The van der Waals surface area contributed by atoms with E-state index in [1.165, 1.54) is 0 Å². The van der Waals surface area contributed by atoms with Crippen LogP contribution in [0.25, 0.3) is 0 Å². The first-order valence-corrected chi connectivity index (χ1v) is 6.49. The van der Waals surface area contributed by atoms with E-state index in [9.17, 15) is 4.79 Å². The van der Waals surface area contributed by atoms with Gasteiger partial charge in [0.25, 0.3) is 0 Å². The molecule has 1 rings (SSSR count). The average Bonchev–Trinajstić information content (AvgIpc) is 2.42. The third-order valence-corrected chi connectivity index (χ3v) is 3.38. The summed E-state index contributed by atoms with van der Waals surface area (Å²) in [6, 6.07) is -0.138. The van der Waals surface area contributed by atoms with Crippen LogP contribution in [0.3, 0.4) is 0 Å². The fourth-order valence-electron chi connectivity index (χ4n) is 1.91. The molecule has 1 saturated heterocycles. The zero-order chi connectivity index (χ0) is 13.4. The van der Waals surface area contributed by atoms with Gasteiger partial charge in [0.2, 0.25) is 5.91 Å². The van der Waals surface area contributed by atoms with Crippen LogP contribution in [0.4, 0.5) is 0 Å². The SMILES string of the molecule is C#CCNC(=O)C(C)N(C)CCN1CCNCC1. The number of amides is 1. The second kappa shape index (κ2) is 8.09. The molecule has 0 radical (unpaired) electrons. The van der Waals surface area contributed by atoms with Crippen LogP contribution in [0.2, 0.25) is 0 Å². The van der Waals surface area contributed by atoms with E-state index in [-0.39, 0.29) is 11.9 Å². The van der Waals surface area contributed by atoms with Crippen molar-refractivity contribution >= 4 is 5.91 Å². The van der Waals surface area contributed by atoms with Gasteiger partial charge in [-0.2, -0.15) is 0 Å². The number of hydrogen-bond donors (Lipinski definition) is 2. The molecule has 0 aromatic rings. The number of hydrogen-bond acceptors (Lipinski definition) is 4. The molecule has 1 aliphatic heterocycles. The predicted octanol–water partition coefficient (Wildman–Crippen LogP) is -1.04. The number of rotatable bonds is 6. The first kappa shape index (κ1) is 15.0. The molecular formula is C13H24N4O. The monoisotopic (exact) mass is 252 g/mol. The van der Waals surface area contributed by atoms with Crippen LogP contribution >= 0.6 is 0 Å². The van der Waals surface area contributed by atoms with Crippen LogP contribution in [0.5, 0.6) is 0 Å². The van der Waals surface area contributed by atoms with Gasteiger partial charge in [0.05, 0.1) is 12.6 Å². The van der Waals surface area contributed by atoms with Crippen molar-refractivity contribution in [3.63, 3.8) is 0 Å². The molecule has 0 aromatic carbocycles. The maximum atomic E-state index is 11.7. The molecule has 1 amide bonds. The van der Waals surface area contributed by atoms with Gasteiger partial charge in [-0.25, -0.2) is 0 Å². The number of carbonyl (C=O) groups is 1. The van der Waals surface area contributed by atoms with Gasteiger partial charge in [-0.15, -0.1) is 6.42 Å². The molecule has 0 aromatic heterocycles. The summed E-state index contributed by atoms with van der Waals surface area (Å²) in [4.78, 5) is 16.2. The second-order valence-electron chi connectivity index (χ2n) is 4.67. The van der Waals surface area contributed by atoms with E-state index in [0.29, 0.717) is 6.54 Å². The summed E-state index contributed by atoms with van der Waals surface area (Å²) in [6.45, 7) is 8.40. The van der Waals surface area contributed by atoms with Crippen molar-refractivity contribution in [2.45, 2.75) is 13.0 Å². The van der Waals surface area contributed by atoms with Gasteiger partial charge >= 0.3 is 0 Å². The normalized spacial score (nSPS) is 18.3. The molecule has 0 bridgehead atoms. The van der Waals surface area contributed by atoms with E-state index in [2.05, 4.69) is 26.4 Å². The van der Waals surface area contributed by atoms with Gasteiger partial charge in [0, 0.05) is 39.3 Å². The number of nitrogens with one attached hydrogen (secondary N) is 2. The van der Waals surface area contributed by atoms with Crippen molar-refractivity contribution in [2.24, 2.45) is 0 Å². The summed E-state index contributed by atoms with van der Waals surface area (Å²) in [5.74, 6) is 2.41. The third kappa shape index (κ3) is 5.05. The molecule has 5 heteroatoms. The van der Waals surface area contributed by atoms with Crippen molar-refractivity contribution in [3.05, 3.63) is 0 Å². The van der Waals surface area contributed by atoms with Crippen LogP contribution in [0.15, 0.2) is 0 Å². The molecule has 1 fully saturated rings. The summed E-state index contributed by atoms with van der Waals surface area (Å²) >= 11 is 0. The molecule has 1 heterocycles. The molecule has 1 unspecified atom stereocenters. The maximum Gasteiger partial charge on any atom is 0.237 e. The number of piperazine rings is 1. The highest BCUT2D eigenvalue weighted by atomic mass is 16.2. The Hall–Kier alpha value is -1.09. The zero-order valence-corrected chi connectivity index (χ0v) is 11.4. The van der Waals surface area contributed by atoms with Crippen molar-refractivity contribution in [3.8, 4) is 12.3 Å². The number of nitrogens with zero attached hydrogens (tertiary/aromatic N) is 2. The number of likely N-dealkylation sites (N-methyl/N-ethyl adjacent to an activating group) is 1. The topological polar surface area (TPSA) is 47.6 Å². The Kier molecular flexibility index (Phi) is 6.73. The molecule has 5 nitrogen and oxygen atoms in total. The van der Waals surface area contributed by atoms with E-state index >= 15 is 0 Å². The van der Waals surface area contributed by atoms with Gasteiger partial charge in [-0.05, 0) is 14.0 Å². The summed E-state index contributed by atoms with van der Waals surface area (Å²) < 4.78 is 0. The van der Waals surface area contributed by atoms with Crippen LogP contribution in [0, 0.1) is 12.3 Å². The first-order valence-electron chi connectivity index (χ1n) is 6.49. The third-order valence-electron chi connectivity index (χ3n) is 3.38. The van der Waals surface area contributed by atoms with Crippen molar-refractivity contribution in [1.82, 2.24) is 20.4 Å². The fraction of sp³-hybridized carbons (Fsp3) is 0.769. The highest BCUT2D eigenvalue weighted by Gasteiger charge is 2.18. The van der Waals surface area contributed by atoms with Crippen LogP contribution in [-0.2, 0) is 4.79 Å². The molecular weight excluding hydrogens is 228 g/mol. The lowest BCUT2D eigenvalue weighted by molar-refractivity contribution is -0.125. The lowest BCUT2D eigenvalue weighted by Crippen LogP contribution is -2.49. The minimum absolute atomic E-state index is 0.00393. The van der Waals surface area contributed by atoms with Crippen molar-refractivity contribution in [2.75, 3.05) is 52.9 Å². The molecule has 1 aliphatic rings. The van der Waals surface area contributed by atoms with Crippen molar-refractivity contribution in [1.29, 1.82) is 0 Å². The lowest BCUT2D eigenvalue weighted by atomic mass is 10.2. The first-order chi connectivity index (χ1) is 8.65. The van der Waals surface area contributed by atoms with Gasteiger partial charge in [-0.3, -0.25) is 14.6 Å².